The number of nitrogens with one attached hydrogen (secondary N) is 1. The normalized spacial score (nSPS) is 24.3. The summed E-state index contributed by atoms with van der Waals surface area (Å²) in [7, 11) is 0. The van der Waals surface area contributed by atoms with Crippen LogP contribution in [0.25, 0.3) is 0 Å². The quantitative estimate of drug-likeness (QED) is 0.887. The summed E-state index contributed by atoms with van der Waals surface area (Å²) >= 11 is 0. The van der Waals surface area contributed by atoms with E-state index in [9.17, 15) is 0 Å². The van der Waals surface area contributed by atoms with E-state index >= 15 is 0 Å². The minimum atomic E-state index is 0. The van der Waals surface area contributed by atoms with Gasteiger partial charge in [0.2, 0.25) is 0 Å². The van der Waals surface area contributed by atoms with E-state index in [2.05, 4.69) is 49.2 Å². The number of hydrogen-bond donors (Lipinski definition) is 1. The van der Waals surface area contributed by atoms with E-state index in [0.717, 1.165) is 30.9 Å². The van der Waals surface area contributed by atoms with Crippen molar-refractivity contribution in [3.63, 3.8) is 0 Å². The van der Waals surface area contributed by atoms with Crippen molar-refractivity contribution in [1.82, 2.24) is 10.2 Å². The average Bonchev–Trinajstić information content (AvgIpc) is 2.94. The number of rotatable bonds is 5. The number of benzene rings is 1. The molecule has 1 aromatic rings. The van der Waals surface area contributed by atoms with Gasteiger partial charge >= 0.3 is 0 Å². The van der Waals surface area contributed by atoms with Crippen LogP contribution in [-0.4, -0.2) is 43.7 Å². The van der Waals surface area contributed by atoms with Crippen molar-refractivity contribution < 1.29 is 4.74 Å². The monoisotopic (exact) mass is 338 g/mol. The third-order valence-corrected chi connectivity index (χ3v) is 5.28. The predicted octanol–water partition coefficient (Wildman–Crippen LogP) is 3.60. The molecule has 0 amide bonds. The van der Waals surface area contributed by atoms with Gasteiger partial charge in [0.05, 0.1) is 0 Å². The van der Waals surface area contributed by atoms with E-state index in [0.29, 0.717) is 5.92 Å². The van der Waals surface area contributed by atoms with Gasteiger partial charge in [-0.1, -0.05) is 19.9 Å². The van der Waals surface area contributed by atoms with Gasteiger partial charge < -0.3 is 10.1 Å². The first kappa shape index (κ1) is 18.6. The largest absolute Gasteiger partial charge is 0.492 e. The molecule has 3 rings (SSSR count). The number of likely N-dealkylation sites (tertiary alicyclic amines) is 1. The smallest absolute Gasteiger partial charge is 0.119 e. The molecule has 2 unspecified atom stereocenters. The van der Waals surface area contributed by atoms with Gasteiger partial charge in [0.25, 0.3) is 0 Å². The Bertz CT molecular complexity index is 506. The summed E-state index contributed by atoms with van der Waals surface area (Å²) in [6, 6.07) is 7.30. The van der Waals surface area contributed by atoms with Crippen LogP contribution in [0.5, 0.6) is 5.75 Å². The van der Waals surface area contributed by atoms with Crippen LogP contribution < -0.4 is 10.1 Å². The van der Waals surface area contributed by atoms with Crippen molar-refractivity contribution in [2.24, 2.45) is 5.92 Å². The highest BCUT2D eigenvalue weighted by Crippen LogP contribution is 2.25. The molecule has 2 saturated heterocycles. The number of ether oxygens (including phenoxy) is 1. The highest BCUT2D eigenvalue weighted by molar-refractivity contribution is 5.85. The lowest BCUT2D eigenvalue weighted by molar-refractivity contribution is 0.138. The van der Waals surface area contributed by atoms with Crippen molar-refractivity contribution >= 4 is 12.4 Å². The Hall–Kier alpha value is -0.770. The van der Waals surface area contributed by atoms with Crippen LogP contribution in [0.2, 0.25) is 0 Å². The Balaban J connectivity index is 0.00000192. The van der Waals surface area contributed by atoms with Crippen molar-refractivity contribution in [1.29, 1.82) is 0 Å². The fraction of sp³-hybridized carbons (Fsp3) is 0.684. The first-order chi connectivity index (χ1) is 10.6. The molecule has 2 aliphatic heterocycles. The van der Waals surface area contributed by atoms with Gasteiger partial charge in [0.15, 0.2) is 0 Å². The summed E-state index contributed by atoms with van der Waals surface area (Å²) in [5, 5.41) is 3.62. The van der Waals surface area contributed by atoms with Crippen molar-refractivity contribution in [3.05, 3.63) is 29.3 Å². The van der Waals surface area contributed by atoms with Gasteiger partial charge in [0, 0.05) is 19.1 Å². The molecule has 130 valence electrons. The maximum Gasteiger partial charge on any atom is 0.119 e. The third-order valence-electron chi connectivity index (χ3n) is 5.28. The third kappa shape index (κ3) is 4.62. The molecule has 3 nitrogen and oxygen atoms in total. The standard InChI is InChI=1S/C19H30N2O.ClH/c1-14(2)18-5-4-17(12-15(18)3)22-11-10-21-9-7-19-16(13-21)6-8-20-19;/h4-5,12,14,16,19-20H,6-11,13H2,1-3H3;1H. The second-order valence-corrected chi connectivity index (χ2v) is 7.22. The number of fused-ring (bicyclic) bond motifs is 1. The molecule has 0 aromatic heterocycles. The maximum atomic E-state index is 5.98. The van der Waals surface area contributed by atoms with E-state index in [1.807, 2.05) is 0 Å². The summed E-state index contributed by atoms with van der Waals surface area (Å²) in [6.45, 7) is 12.2. The lowest BCUT2D eigenvalue weighted by Gasteiger charge is -2.34. The maximum absolute atomic E-state index is 5.98. The van der Waals surface area contributed by atoms with Gasteiger partial charge in [-0.05, 0) is 68.0 Å². The molecule has 2 aliphatic rings. The fourth-order valence-corrected chi connectivity index (χ4v) is 4.00. The van der Waals surface area contributed by atoms with Crippen LogP contribution in [0.15, 0.2) is 18.2 Å². The minimum absolute atomic E-state index is 0. The number of hydrogen-bond acceptors (Lipinski definition) is 3. The molecule has 4 heteroatoms. The molecule has 0 saturated carbocycles. The van der Waals surface area contributed by atoms with Crippen LogP contribution in [-0.2, 0) is 0 Å². The molecule has 0 spiro atoms. The van der Waals surface area contributed by atoms with Gasteiger partial charge in [-0.25, -0.2) is 0 Å². The zero-order chi connectivity index (χ0) is 15.5. The molecule has 0 aliphatic carbocycles. The van der Waals surface area contributed by atoms with Gasteiger partial charge in [0.1, 0.15) is 12.4 Å². The molecular weight excluding hydrogens is 308 g/mol. The zero-order valence-corrected chi connectivity index (χ0v) is 15.5. The number of piperidine rings is 1. The van der Waals surface area contributed by atoms with E-state index in [4.69, 9.17) is 4.74 Å². The van der Waals surface area contributed by atoms with E-state index in [1.165, 1.54) is 43.6 Å². The topological polar surface area (TPSA) is 24.5 Å². The lowest BCUT2D eigenvalue weighted by Crippen LogP contribution is -2.45. The summed E-state index contributed by atoms with van der Waals surface area (Å²) < 4.78 is 5.98. The van der Waals surface area contributed by atoms with E-state index in [1.54, 1.807) is 0 Å². The average molecular weight is 339 g/mol. The summed E-state index contributed by atoms with van der Waals surface area (Å²) in [5.41, 5.74) is 2.76. The summed E-state index contributed by atoms with van der Waals surface area (Å²) in [5.74, 6) is 2.45. The molecule has 2 fully saturated rings. The van der Waals surface area contributed by atoms with Crippen LogP contribution in [0.1, 0.15) is 43.7 Å². The summed E-state index contributed by atoms with van der Waals surface area (Å²) in [4.78, 5) is 2.57. The van der Waals surface area contributed by atoms with Gasteiger partial charge in [-0.2, -0.15) is 0 Å². The molecule has 2 atom stereocenters. The highest BCUT2D eigenvalue weighted by Gasteiger charge is 2.32. The second-order valence-electron chi connectivity index (χ2n) is 7.22. The second kappa shape index (κ2) is 8.36. The summed E-state index contributed by atoms with van der Waals surface area (Å²) in [6.07, 6.45) is 2.64. The van der Waals surface area contributed by atoms with E-state index in [-0.39, 0.29) is 12.4 Å². The Labute approximate surface area is 147 Å². The van der Waals surface area contributed by atoms with Crippen LogP contribution in [0.4, 0.5) is 0 Å². The molecule has 2 heterocycles. The molecule has 1 aromatic carbocycles. The predicted molar refractivity (Wildman–Crippen MR) is 99.0 cm³/mol. The minimum Gasteiger partial charge on any atom is -0.492 e. The first-order valence-corrected chi connectivity index (χ1v) is 8.82. The van der Waals surface area contributed by atoms with Crippen molar-refractivity contribution in [2.45, 2.75) is 45.6 Å². The molecule has 0 radical (unpaired) electrons. The number of nitrogens with zero attached hydrogens (tertiary/aromatic N) is 1. The Morgan fingerprint density at radius 3 is 2.87 bits per heavy atom. The van der Waals surface area contributed by atoms with Gasteiger partial charge in [-0.3, -0.25) is 4.90 Å². The highest BCUT2D eigenvalue weighted by atomic mass is 35.5. The van der Waals surface area contributed by atoms with E-state index < -0.39 is 0 Å². The Kier molecular flexibility index (Phi) is 6.75. The lowest BCUT2D eigenvalue weighted by atomic mass is 9.93. The molecular formula is C19H31ClN2O. The Morgan fingerprint density at radius 2 is 2.13 bits per heavy atom. The molecule has 1 N–H and O–H groups in total. The van der Waals surface area contributed by atoms with Crippen LogP contribution in [0, 0.1) is 12.8 Å². The number of aryl methyl sites for hydroxylation is 1. The van der Waals surface area contributed by atoms with Gasteiger partial charge in [-0.15, -0.1) is 12.4 Å². The Morgan fingerprint density at radius 1 is 1.30 bits per heavy atom. The zero-order valence-electron chi connectivity index (χ0n) is 14.7. The van der Waals surface area contributed by atoms with Crippen LogP contribution in [0.3, 0.4) is 0 Å². The SMILES string of the molecule is Cc1cc(OCCN2CCC3NCCC3C2)ccc1C(C)C.Cl. The van der Waals surface area contributed by atoms with Crippen LogP contribution >= 0.6 is 12.4 Å². The molecule has 23 heavy (non-hydrogen) atoms. The fourth-order valence-electron chi connectivity index (χ4n) is 4.00. The molecule has 0 bridgehead atoms. The first-order valence-electron chi connectivity index (χ1n) is 8.82. The number of halogens is 1. The van der Waals surface area contributed by atoms with Crippen molar-refractivity contribution in [3.8, 4) is 5.75 Å². The van der Waals surface area contributed by atoms with Crippen molar-refractivity contribution in [2.75, 3.05) is 32.8 Å².